The van der Waals surface area contributed by atoms with E-state index >= 15 is 0 Å². The van der Waals surface area contributed by atoms with Crippen molar-refractivity contribution in [1.29, 1.82) is 0 Å². The molecule has 80 valence electrons. The maximum atomic E-state index is 12.1. The first-order valence-electron chi connectivity index (χ1n) is 4.84. The second kappa shape index (κ2) is 4.52. The van der Waals surface area contributed by atoms with Gasteiger partial charge in [0.05, 0.1) is 0 Å². The Balaban J connectivity index is 2.75. The van der Waals surface area contributed by atoms with Crippen LogP contribution < -0.4 is 5.56 Å². The van der Waals surface area contributed by atoms with Gasteiger partial charge in [-0.25, -0.2) is 0 Å². The van der Waals surface area contributed by atoms with E-state index in [1.807, 2.05) is 24.3 Å². The van der Waals surface area contributed by atoms with Crippen LogP contribution in [0.3, 0.4) is 0 Å². The number of fused-ring (bicyclic) bond motifs is 1. The molecule has 0 N–H and O–H groups in total. The molecular formula is C13H11NOSe. The van der Waals surface area contributed by atoms with E-state index in [0.717, 1.165) is 15.3 Å². The molecule has 0 saturated carbocycles. The molecule has 2 nitrogen and oxygen atoms in total. The molecule has 0 atom stereocenters. The molecule has 0 bridgehead atoms. The average Bonchev–Trinajstić information content (AvgIpc) is 2.64. The number of benzene rings is 1. The van der Waals surface area contributed by atoms with Crippen LogP contribution in [0.25, 0.3) is 15.3 Å². The second-order valence-electron chi connectivity index (χ2n) is 3.22. The summed E-state index contributed by atoms with van der Waals surface area (Å²) in [5.74, 6) is 0. The number of allylic oxidation sites excluding steroid dienone is 4. The van der Waals surface area contributed by atoms with Gasteiger partial charge in [-0.1, -0.05) is 0 Å². The van der Waals surface area contributed by atoms with E-state index in [1.54, 1.807) is 21.8 Å². The van der Waals surface area contributed by atoms with Gasteiger partial charge in [0.1, 0.15) is 0 Å². The third-order valence-corrected chi connectivity index (χ3v) is 4.56. The Morgan fingerprint density at radius 3 is 2.69 bits per heavy atom. The molecule has 0 saturated heterocycles. The zero-order chi connectivity index (χ0) is 11.5. The molecule has 0 fully saturated rings. The van der Waals surface area contributed by atoms with Crippen molar-refractivity contribution in [2.45, 2.75) is 0 Å². The molecule has 1 heterocycles. The SMILES string of the molecule is C=C/C=C(\C=C)n1[se]c2ccccc2c1=O. The molecular weight excluding hydrogens is 265 g/mol. The van der Waals surface area contributed by atoms with Gasteiger partial charge in [0.25, 0.3) is 0 Å². The van der Waals surface area contributed by atoms with Crippen LogP contribution >= 0.6 is 0 Å². The van der Waals surface area contributed by atoms with Crippen LogP contribution in [0.1, 0.15) is 0 Å². The van der Waals surface area contributed by atoms with E-state index < -0.39 is 0 Å². The van der Waals surface area contributed by atoms with Crippen molar-refractivity contribution in [3.8, 4) is 0 Å². The Morgan fingerprint density at radius 2 is 2.06 bits per heavy atom. The first kappa shape index (κ1) is 10.9. The van der Waals surface area contributed by atoms with E-state index in [4.69, 9.17) is 0 Å². The Hall–Kier alpha value is -1.57. The van der Waals surface area contributed by atoms with Gasteiger partial charge in [0.15, 0.2) is 0 Å². The maximum absolute atomic E-state index is 12.1. The fraction of sp³-hybridized carbons (Fsp3) is 0. The molecule has 1 aromatic carbocycles. The van der Waals surface area contributed by atoms with Crippen molar-refractivity contribution in [2.75, 3.05) is 0 Å². The normalized spacial score (nSPS) is 11.6. The van der Waals surface area contributed by atoms with Gasteiger partial charge in [0.2, 0.25) is 0 Å². The quantitative estimate of drug-likeness (QED) is 0.622. The zero-order valence-electron chi connectivity index (χ0n) is 8.72. The Morgan fingerprint density at radius 1 is 1.31 bits per heavy atom. The first-order chi connectivity index (χ1) is 7.77. The zero-order valence-corrected chi connectivity index (χ0v) is 10.4. The molecule has 2 rings (SSSR count). The molecule has 1 aromatic heterocycles. The van der Waals surface area contributed by atoms with Crippen LogP contribution in [0.5, 0.6) is 0 Å². The van der Waals surface area contributed by atoms with Crippen molar-refractivity contribution >= 4 is 30.1 Å². The third kappa shape index (κ3) is 1.75. The second-order valence-corrected chi connectivity index (χ2v) is 5.29. The molecule has 0 radical (unpaired) electrons. The van der Waals surface area contributed by atoms with Crippen LogP contribution in [-0.2, 0) is 0 Å². The fourth-order valence-electron chi connectivity index (χ4n) is 1.48. The fourth-order valence-corrected chi connectivity index (χ4v) is 3.60. The first-order valence-corrected chi connectivity index (χ1v) is 6.47. The minimum absolute atomic E-state index is 0.0106. The number of hydrogen-bond acceptors (Lipinski definition) is 1. The molecule has 3 heteroatoms. The standard InChI is InChI=1S/C13H11NOSe/c1-3-7-10(4-2)14-13(15)11-8-5-6-9-12(11)16-14/h3-9H,1-2H2/b10-7+. The average molecular weight is 276 g/mol. The van der Waals surface area contributed by atoms with Gasteiger partial charge < -0.3 is 0 Å². The summed E-state index contributed by atoms with van der Waals surface area (Å²) in [6.45, 7) is 7.36. The summed E-state index contributed by atoms with van der Waals surface area (Å²) in [6, 6.07) is 7.72. The molecule has 0 aliphatic carbocycles. The monoisotopic (exact) mass is 277 g/mol. The molecule has 0 aliphatic heterocycles. The summed E-state index contributed by atoms with van der Waals surface area (Å²) in [5.41, 5.74) is 0.875. The van der Waals surface area contributed by atoms with Gasteiger partial charge in [-0.2, -0.15) is 0 Å². The van der Waals surface area contributed by atoms with E-state index in [2.05, 4.69) is 13.2 Å². The van der Waals surface area contributed by atoms with Gasteiger partial charge >= 0.3 is 99.6 Å². The van der Waals surface area contributed by atoms with Crippen molar-refractivity contribution in [2.24, 2.45) is 0 Å². The molecule has 0 unspecified atom stereocenters. The molecule has 0 spiro atoms. The summed E-state index contributed by atoms with van der Waals surface area (Å²) in [5, 5.41) is 0.805. The van der Waals surface area contributed by atoms with Gasteiger partial charge in [-0.15, -0.1) is 0 Å². The summed E-state index contributed by atoms with van der Waals surface area (Å²) < 4.78 is 2.89. The van der Waals surface area contributed by atoms with Crippen LogP contribution in [0.2, 0.25) is 0 Å². The topological polar surface area (TPSA) is 22.0 Å². The predicted molar refractivity (Wildman–Crippen MR) is 69.8 cm³/mol. The van der Waals surface area contributed by atoms with Crippen molar-refractivity contribution in [1.82, 2.24) is 3.56 Å². The minimum atomic E-state index is 0.0106. The summed E-state index contributed by atoms with van der Waals surface area (Å²) >= 11 is 0.0106. The van der Waals surface area contributed by atoms with Crippen molar-refractivity contribution in [3.63, 3.8) is 0 Å². The van der Waals surface area contributed by atoms with Crippen LogP contribution in [0.15, 0.2) is 60.4 Å². The van der Waals surface area contributed by atoms with Crippen LogP contribution in [0, 0.1) is 0 Å². The van der Waals surface area contributed by atoms with E-state index in [-0.39, 0.29) is 20.3 Å². The van der Waals surface area contributed by atoms with E-state index in [9.17, 15) is 4.79 Å². The molecule has 2 aromatic rings. The van der Waals surface area contributed by atoms with E-state index in [1.165, 1.54) is 0 Å². The summed E-state index contributed by atoms with van der Waals surface area (Å²) in [7, 11) is 0. The van der Waals surface area contributed by atoms with Gasteiger partial charge in [0, 0.05) is 0 Å². The number of aromatic nitrogens is 1. The van der Waals surface area contributed by atoms with Gasteiger partial charge in [-0.05, 0) is 0 Å². The van der Waals surface area contributed by atoms with Crippen LogP contribution in [0.4, 0.5) is 0 Å². The summed E-state index contributed by atoms with van der Waals surface area (Å²) in [4.78, 5) is 12.1. The summed E-state index contributed by atoms with van der Waals surface area (Å²) in [6.07, 6.45) is 5.16. The van der Waals surface area contributed by atoms with Crippen LogP contribution in [-0.4, -0.2) is 18.3 Å². The van der Waals surface area contributed by atoms with Crippen molar-refractivity contribution in [3.05, 3.63) is 66.0 Å². The molecule has 16 heavy (non-hydrogen) atoms. The Bertz CT molecular complexity index is 631. The predicted octanol–water partition coefficient (Wildman–Crippen LogP) is 2.27. The number of hydrogen-bond donors (Lipinski definition) is 0. The molecule has 0 aliphatic rings. The van der Waals surface area contributed by atoms with Gasteiger partial charge in [-0.3, -0.25) is 0 Å². The van der Waals surface area contributed by atoms with Crippen molar-refractivity contribution < 1.29 is 0 Å². The Kier molecular flexibility index (Phi) is 3.09. The number of nitrogens with zero attached hydrogens (tertiary/aromatic N) is 1. The Labute approximate surface area is 99.8 Å². The molecule has 0 amide bonds. The third-order valence-electron chi connectivity index (χ3n) is 2.22. The number of rotatable bonds is 3. The van der Waals surface area contributed by atoms with E-state index in [0.29, 0.717) is 0 Å².